The van der Waals surface area contributed by atoms with Crippen LogP contribution in [0, 0.1) is 5.82 Å². The van der Waals surface area contributed by atoms with Gasteiger partial charge in [0.1, 0.15) is 5.82 Å². The van der Waals surface area contributed by atoms with Crippen molar-refractivity contribution in [3.63, 3.8) is 0 Å². The van der Waals surface area contributed by atoms with Gasteiger partial charge in [0.05, 0.1) is 13.7 Å². The normalized spacial score (nSPS) is 22.6. The number of rotatable bonds is 4. The third kappa shape index (κ3) is 4.25. The van der Waals surface area contributed by atoms with E-state index in [2.05, 4.69) is 10.2 Å². The number of hydrogen-bond donors (Lipinski definition) is 1. The van der Waals surface area contributed by atoms with E-state index in [0.717, 1.165) is 43.7 Å². The number of piperidine rings is 1. The van der Waals surface area contributed by atoms with Gasteiger partial charge in [0.15, 0.2) is 0 Å². The second-order valence-electron chi connectivity index (χ2n) is 6.17. The van der Waals surface area contributed by atoms with Crippen molar-refractivity contribution in [3.8, 4) is 0 Å². The predicted octanol–water partition coefficient (Wildman–Crippen LogP) is 2.59. The number of methoxy groups -OCH3 is 1. The Morgan fingerprint density at radius 3 is 2.91 bits per heavy atom. The molecule has 2 aliphatic rings. The van der Waals surface area contributed by atoms with Gasteiger partial charge >= 0.3 is 5.97 Å². The zero-order valence-corrected chi connectivity index (χ0v) is 14.2. The molecule has 0 aromatic heterocycles. The number of carbonyl (C=O) groups excluding carboxylic acids is 1. The molecular weight excluding hydrogens is 315 g/mol. The smallest absolute Gasteiger partial charge is 0.319 e. The summed E-state index contributed by atoms with van der Waals surface area (Å²) >= 11 is 1.81. The third-order valence-corrected chi connectivity index (χ3v) is 5.74. The fourth-order valence-electron chi connectivity index (χ4n) is 3.33. The molecule has 23 heavy (non-hydrogen) atoms. The van der Waals surface area contributed by atoms with E-state index in [4.69, 9.17) is 4.74 Å². The van der Waals surface area contributed by atoms with Crippen molar-refractivity contribution in [2.75, 3.05) is 32.5 Å². The number of carbonyl (C=O) groups is 1. The Kier molecular flexibility index (Phi) is 5.56. The van der Waals surface area contributed by atoms with E-state index in [1.807, 2.05) is 6.07 Å². The van der Waals surface area contributed by atoms with Crippen molar-refractivity contribution in [1.29, 1.82) is 0 Å². The molecule has 6 heteroatoms. The van der Waals surface area contributed by atoms with Crippen LogP contribution < -0.4 is 5.32 Å². The van der Waals surface area contributed by atoms with Crippen molar-refractivity contribution in [2.45, 2.75) is 36.2 Å². The van der Waals surface area contributed by atoms with Gasteiger partial charge < -0.3 is 10.1 Å². The summed E-state index contributed by atoms with van der Waals surface area (Å²) in [5.74, 6) is 0.730. The van der Waals surface area contributed by atoms with Crippen LogP contribution in [0.2, 0.25) is 0 Å². The first-order chi connectivity index (χ1) is 11.2. The summed E-state index contributed by atoms with van der Waals surface area (Å²) in [4.78, 5) is 14.7. The van der Waals surface area contributed by atoms with Gasteiger partial charge in [-0.15, -0.1) is 11.8 Å². The largest absolute Gasteiger partial charge is 0.468 e. The highest BCUT2D eigenvalue weighted by molar-refractivity contribution is 7.99. The molecule has 0 radical (unpaired) electrons. The van der Waals surface area contributed by atoms with Crippen molar-refractivity contribution in [1.82, 2.24) is 10.2 Å². The second kappa shape index (κ2) is 7.64. The van der Waals surface area contributed by atoms with E-state index in [1.54, 1.807) is 23.9 Å². The first-order valence-electron chi connectivity index (χ1n) is 8.13. The average Bonchev–Trinajstić information content (AvgIpc) is 2.57. The Morgan fingerprint density at radius 1 is 1.39 bits per heavy atom. The molecular formula is C17H23FN2O2S. The van der Waals surface area contributed by atoms with Crippen LogP contribution in [0.1, 0.15) is 30.9 Å². The van der Waals surface area contributed by atoms with Gasteiger partial charge in [-0.3, -0.25) is 9.69 Å². The maximum absolute atomic E-state index is 13.6. The van der Waals surface area contributed by atoms with Crippen LogP contribution in [0.15, 0.2) is 23.1 Å². The van der Waals surface area contributed by atoms with Crippen molar-refractivity contribution in [3.05, 3.63) is 29.6 Å². The Morgan fingerprint density at radius 2 is 2.17 bits per heavy atom. The lowest BCUT2D eigenvalue weighted by atomic mass is 9.98. The number of nitrogens with zero attached hydrogens (tertiary/aromatic N) is 1. The monoisotopic (exact) mass is 338 g/mol. The van der Waals surface area contributed by atoms with Gasteiger partial charge in [0, 0.05) is 30.1 Å². The summed E-state index contributed by atoms with van der Waals surface area (Å²) in [5, 5.41) is 3.71. The topological polar surface area (TPSA) is 41.6 Å². The molecule has 0 aliphatic carbocycles. The number of likely N-dealkylation sites (tertiary alicyclic amines) is 1. The summed E-state index contributed by atoms with van der Waals surface area (Å²) in [5.41, 5.74) is 1.10. The Bertz CT molecular complexity index is 562. The standard InChI is InChI=1S/C17H23FN2O2S/c1-22-17(21)11-20-7-4-13(5-8-20)19-15-6-9-23-16-3-2-12(18)10-14(15)16/h2-3,10,13,15,19H,4-9,11H2,1H3/t15-/m0/s1. The zero-order valence-electron chi connectivity index (χ0n) is 13.4. The lowest BCUT2D eigenvalue weighted by Gasteiger charge is -2.35. The number of fused-ring (bicyclic) bond motifs is 1. The molecule has 0 spiro atoms. The van der Waals surface area contributed by atoms with E-state index < -0.39 is 0 Å². The number of hydrogen-bond acceptors (Lipinski definition) is 5. The van der Waals surface area contributed by atoms with E-state index >= 15 is 0 Å². The molecule has 2 heterocycles. The third-order valence-electron chi connectivity index (χ3n) is 4.62. The molecule has 1 atom stereocenters. The molecule has 0 saturated carbocycles. The minimum absolute atomic E-state index is 0.161. The first-order valence-corrected chi connectivity index (χ1v) is 9.11. The Hall–Kier alpha value is -1.11. The fraction of sp³-hybridized carbons (Fsp3) is 0.588. The highest BCUT2D eigenvalue weighted by Gasteiger charge is 2.26. The van der Waals surface area contributed by atoms with Crippen LogP contribution in [0.25, 0.3) is 0 Å². The molecule has 2 aliphatic heterocycles. The van der Waals surface area contributed by atoms with Crippen LogP contribution >= 0.6 is 11.8 Å². The average molecular weight is 338 g/mol. The van der Waals surface area contributed by atoms with E-state index in [-0.39, 0.29) is 17.8 Å². The Balaban J connectivity index is 1.56. The number of halogens is 1. The lowest BCUT2D eigenvalue weighted by Crippen LogP contribution is -2.45. The molecule has 0 bridgehead atoms. The van der Waals surface area contributed by atoms with Gasteiger partial charge in [-0.2, -0.15) is 0 Å². The van der Waals surface area contributed by atoms with Crippen molar-refractivity contribution in [2.24, 2.45) is 0 Å². The number of nitrogens with one attached hydrogen (secondary N) is 1. The number of ether oxygens (including phenoxy) is 1. The molecule has 1 fully saturated rings. The summed E-state index contributed by atoms with van der Waals surface area (Å²) in [6, 6.07) is 5.76. The molecule has 1 saturated heterocycles. The lowest BCUT2D eigenvalue weighted by molar-refractivity contribution is -0.142. The highest BCUT2D eigenvalue weighted by Crippen LogP contribution is 2.37. The van der Waals surface area contributed by atoms with Gasteiger partial charge in [0.2, 0.25) is 0 Å². The highest BCUT2D eigenvalue weighted by atomic mass is 32.2. The van der Waals surface area contributed by atoms with Gasteiger partial charge in [-0.05, 0) is 48.8 Å². The summed E-state index contributed by atoms with van der Waals surface area (Å²) in [6.45, 7) is 2.16. The van der Waals surface area contributed by atoms with Crippen LogP contribution in [0.3, 0.4) is 0 Å². The van der Waals surface area contributed by atoms with Crippen molar-refractivity contribution >= 4 is 17.7 Å². The van der Waals surface area contributed by atoms with E-state index in [0.29, 0.717) is 12.6 Å². The molecule has 126 valence electrons. The quantitative estimate of drug-likeness (QED) is 0.855. The van der Waals surface area contributed by atoms with Gasteiger partial charge in [0.25, 0.3) is 0 Å². The van der Waals surface area contributed by atoms with Crippen LogP contribution in [0.4, 0.5) is 4.39 Å². The predicted molar refractivity (Wildman–Crippen MR) is 89.1 cm³/mol. The summed E-state index contributed by atoms with van der Waals surface area (Å²) in [6.07, 6.45) is 3.04. The number of esters is 1. The van der Waals surface area contributed by atoms with Crippen LogP contribution in [0.5, 0.6) is 0 Å². The molecule has 1 N–H and O–H groups in total. The van der Waals surface area contributed by atoms with Crippen LogP contribution in [-0.2, 0) is 9.53 Å². The maximum Gasteiger partial charge on any atom is 0.319 e. The molecule has 1 aromatic rings. The molecule has 0 unspecified atom stereocenters. The SMILES string of the molecule is COC(=O)CN1CCC(N[C@H]2CCSc3ccc(F)cc32)CC1. The van der Waals surface area contributed by atoms with Crippen molar-refractivity contribution < 1.29 is 13.9 Å². The number of thioether (sulfide) groups is 1. The molecule has 1 aromatic carbocycles. The Labute approximate surface area is 140 Å². The zero-order chi connectivity index (χ0) is 16.2. The first kappa shape index (κ1) is 16.7. The van der Waals surface area contributed by atoms with E-state index in [1.165, 1.54) is 12.0 Å². The van der Waals surface area contributed by atoms with Gasteiger partial charge in [-0.25, -0.2) is 4.39 Å². The van der Waals surface area contributed by atoms with E-state index in [9.17, 15) is 9.18 Å². The minimum atomic E-state index is -0.176. The molecule has 3 rings (SSSR count). The van der Waals surface area contributed by atoms with Gasteiger partial charge in [-0.1, -0.05) is 0 Å². The second-order valence-corrected chi connectivity index (χ2v) is 7.30. The molecule has 0 amide bonds. The maximum atomic E-state index is 13.6. The summed E-state index contributed by atoms with van der Waals surface area (Å²) < 4.78 is 18.3. The molecule has 4 nitrogen and oxygen atoms in total. The summed E-state index contributed by atoms with van der Waals surface area (Å²) in [7, 11) is 1.42. The number of benzene rings is 1. The fourth-order valence-corrected chi connectivity index (χ4v) is 4.43. The van der Waals surface area contributed by atoms with Crippen LogP contribution in [-0.4, -0.2) is 49.4 Å². The minimum Gasteiger partial charge on any atom is -0.468 e.